The van der Waals surface area contributed by atoms with Gasteiger partial charge in [0.2, 0.25) is 0 Å². The first kappa shape index (κ1) is 32.2. The maximum Gasteiger partial charge on any atom is 0.180 e. The summed E-state index contributed by atoms with van der Waals surface area (Å²) in [5.41, 5.74) is 7.68. The van der Waals surface area contributed by atoms with Crippen molar-refractivity contribution in [1.29, 1.82) is 0 Å². The van der Waals surface area contributed by atoms with Crippen LogP contribution in [0.4, 0.5) is 0 Å². The molecule has 2 aromatic heterocycles. The fourth-order valence-electron chi connectivity index (χ4n) is 4.86. The minimum absolute atomic E-state index is 0.281. The zero-order valence-electron chi connectivity index (χ0n) is 27.6. The van der Waals surface area contributed by atoms with Crippen molar-refractivity contribution in [2.75, 3.05) is 0 Å². The summed E-state index contributed by atoms with van der Waals surface area (Å²) in [7, 11) is 0. The molecule has 8 heteroatoms. The first-order chi connectivity index (χ1) is 21.8. The molecule has 2 heterocycles. The molecule has 238 valence electrons. The highest BCUT2D eigenvalue weighted by atomic mass is 16.5. The molecule has 0 saturated heterocycles. The number of ether oxygens (including phenoxy) is 2. The third-order valence-corrected chi connectivity index (χ3v) is 6.93. The average molecular weight is 617 g/mol. The fourth-order valence-corrected chi connectivity index (χ4v) is 4.86. The van der Waals surface area contributed by atoms with E-state index in [1.807, 2.05) is 60.0 Å². The number of aromatic nitrogens is 4. The van der Waals surface area contributed by atoms with Gasteiger partial charge in [0.1, 0.15) is 22.9 Å². The van der Waals surface area contributed by atoms with Crippen LogP contribution in [0.3, 0.4) is 0 Å². The molecule has 0 radical (unpaired) electrons. The lowest BCUT2D eigenvalue weighted by atomic mass is 10.1. The van der Waals surface area contributed by atoms with Gasteiger partial charge in [-0.15, -0.1) is 0 Å². The fraction of sp³-hybridized carbons (Fsp3) is 0.263. The normalized spacial score (nSPS) is 11.6. The summed E-state index contributed by atoms with van der Waals surface area (Å²) in [6.07, 6.45) is 3.74. The molecular formula is C38H44N6O2. The molecule has 0 fully saturated rings. The number of benzene rings is 3. The largest absolute Gasteiger partial charge is 0.474 e. The van der Waals surface area contributed by atoms with Crippen LogP contribution in [0.5, 0.6) is 0 Å². The van der Waals surface area contributed by atoms with E-state index < -0.39 is 0 Å². The predicted molar refractivity (Wildman–Crippen MR) is 186 cm³/mol. The molecule has 3 aromatic carbocycles. The van der Waals surface area contributed by atoms with Crippen LogP contribution in [0, 0.1) is 0 Å². The maximum absolute atomic E-state index is 5.75. The van der Waals surface area contributed by atoms with Gasteiger partial charge in [0.05, 0.1) is 23.8 Å². The third-order valence-electron chi connectivity index (χ3n) is 6.93. The summed E-state index contributed by atoms with van der Waals surface area (Å²) >= 11 is 0. The van der Waals surface area contributed by atoms with Crippen molar-refractivity contribution in [2.45, 2.75) is 65.8 Å². The van der Waals surface area contributed by atoms with Gasteiger partial charge in [-0.05, 0) is 71.9 Å². The van der Waals surface area contributed by atoms with Gasteiger partial charge >= 0.3 is 0 Å². The highest BCUT2D eigenvalue weighted by Crippen LogP contribution is 2.28. The monoisotopic (exact) mass is 616 g/mol. The van der Waals surface area contributed by atoms with E-state index in [2.05, 4.69) is 110 Å². The molecule has 0 aliphatic rings. The number of H-pyrrole nitrogens is 2. The van der Waals surface area contributed by atoms with Crippen molar-refractivity contribution in [1.82, 2.24) is 30.6 Å². The van der Waals surface area contributed by atoms with Crippen LogP contribution in [0.2, 0.25) is 0 Å². The summed E-state index contributed by atoms with van der Waals surface area (Å²) < 4.78 is 11.5. The lowest BCUT2D eigenvalue weighted by Crippen LogP contribution is -2.25. The van der Waals surface area contributed by atoms with Crippen molar-refractivity contribution in [2.24, 2.45) is 0 Å². The maximum atomic E-state index is 5.75. The van der Waals surface area contributed by atoms with Crippen molar-refractivity contribution in [3.05, 3.63) is 121 Å². The lowest BCUT2D eigenvalue weighted by Gasteiger charge is -2.23. The smallest absolute Gasteiger partial charge is 0.180 e. The summed E-state index contributed by atoms with van der Waals surface area (Å²) in [5.74, 6) is 2.75. The second kappa shape index (κ2) is 13.4. The van der Waals surface area contributed by atoms with Crippen molar-refractivity contribution in [3.8, 4) is 45.3 Å². The van der Waals surface area contributed by atoms with E-state index in [4.69, 9.17) is 9.47 Å². The van der Waals surface area contributed by atoms with Gasteiger partial charge in [0, 0.05) is 35.3 Å². The van der Waals surface area contributed by atoms with Crippen LogP contribution in [0.1, 0.15) is 52.7 Å². The summed E-state index contributed by atoms with van der Waals surface area (Å²) in [6.45, 7) is 21.2. The number of nitrogens with one attached hydrogen (secondary N) is 4. The molecule has 0 bridgehead atoms. The zero-order valence-corrected chi connectivity index (χ0v) is 27.6. The van der Waals surface area contributed by atoms with E-state index in [0.29, 0.717) is 24.9 Å². The van der Waals surface area contributed by atoms with Crippen LogP contribution in [-0.4, -0.2) is 31.1 Å². The van der Waals surface area contributed by atoms with E-state index in [1.165, 1.54) is 0 Å². The van der Waals surface area contributed by atoms with E-state index in [-0.39, 0.29) is 11.2 Å². The highest BCUT2D eigenvalue weighted by molar-refractivity contribution is 5.72. The molecular weight excluding hydrogens is 572 g/mol. The third kappa shape index (κ3) is 8.91. The molecule has 8 nitrogen and oxygen atoms in total. The van der Waals surface area contributed by atoms with E-state index in [0.717, 1.165) is 56.4 Å². The molecule has 0 saturated carbocycles. The number of aromatic amines is 2. The molecule has 0 aliphatic heterocycles. The van der Waals surface area contributed by atoms with Gasteiger partial charge in [-0.25, -0.2) is 9.97 Å². The molecule has 0 atom stereocenters. The Bertz CT molecular complexity index is 1660. The van der Waals surface area contributed by atoms with Gasteiger partial charge in [0.25, 0.3) is 0 Å². The Morgan fingerprint density at radius 2 is 1.00 bits per heavy atom. The Morgan fingerprint density at radius 3 is 1.37 bits per heavy atom. The van der Waals surface area contributed by atoms with Gasteiger partial charge in [-0.1, -0.05) is 66.7 Å². The minimum Gasteiger partial charge on any atom is -0.474 e. The predicted octanol–water partition coefficient (Wildman–Crippen LogP) is 8.55. The summed E-state index contributed by atoms with van der Waals surface area (Å²) in [6, 6.07) is 24.9. The first-order valence-electron chi connectivity index (χ1n) is 15.4. The molecule has 0 spiro atoms. The molecule has 46 heavy (non-hydrogen) atoms. The topological polar surface area (TPSA) is 99.9 Å². The quantitative estimate of drug-likeness (QED) is 0.105. The van der Waals surface area contributed by atoms with Crippen LogP contribution in [0.25, 0.3) is 45.3 Å². The van der Waals surface area contributed by atoms with E-state index in [9.17, 15) is 0 Å². The Hall–Kier alpha value is -5.24. The van der Waals surface area contributed by atoms with Crippen molar-refractivity contribution < 1.29 is 9.47 Å². The molecule has 5 rings (SSSR count). The number of rotatable bonds is 12. The van der Waals surface area contributed by atoms with E-state index in [1.54, 1.807) is 0 Å². The Morgan fingerprint density at radius 1 is 0.609 bits per heavy atom. The Labute approximate surface area is 272 Å². The number of hydrogen-bond acceptors (Lipinski definition) is 6. The van der Waals surface area contributed by atoms with Crippen molar-refractivity contribution >= 4 is 0 Å². The van der Waals surface area contributed by atoms with Gasteiger partial charge in [0.15, 0.2) is 11.8 Å². The summed E-state index contributed by atoms with van der Waals surface area (Å²) in [5, 5.41) is 6.46. The average Bonchev–Trinajstić information content (AvgIpc) is 3.69. The van der Waals surface area contributed by atoms with Gasteiger partial charge in [-0.2, -0.15) is 0 Å². The Kier molecular flexibility index (Phi) is 9.37. The van der Waals surface area contributed by atoms with Crippen LogP contribution < -0.4 is 10.6 Å². The standard InChI is InChI=1S/C38H44N6O2/c1-25(45-37(3,4)5)39-21-27-12-16-29(17-13-27)35-41-23-33(43-35)31-10-9-11-32(20-31)34-24-42-36(44-34)30-18-14-28(15-19-30)22-40-26(2)46-38(6,7)8/h9-20,23-24,39-40H,1-2,21-22H2,3-8H3,(H,41,43)(H,42,44). The van der Waals surface area contributed by atoms with E-state index >= 15 is 0 Å². The van der Waals surface area contributed by atoms with Crippen LogP contribution >= 0.6 is 0 Å². The molecule has 0 aliphatic carbocycles. The Balaban J connectivity index is 1.21. The van der Waals surface area contributed by atoms with Gasteiger partial charge < -0.3 is 30.1 Å². The molecule has 0 unspecified atom stereocenters. The van der Waals surface area contributed by atoms with Crippen LogP contribution in [0.15, 0.2) is 110 Å². The van der Waals surface area contributed by atoms with Crippen LogP contribution in [-0.2, 0) is 22.6 Å². The lowest BCUT2D eigenvalue weighted by molar-refractivity contribution is 0.0405. The second-order valence-corrected chi connectivity index (χ2v) is 13.2. The van der Waals surface area contributed by atoms with Gasteiger partial charge in [-0.3, -0.25) is 0 Å². The second-order valence-electron chi connectivity index (χ2n) is 13.2. The van der Waals surface area contributed by atoms with Crippen molar-refractivity contribution in [3.63, 3.8) is 0 Å². The zero-order chi connectivity index (χ0) is 32.9. The molecule has 0 amide bonds. The minimum atomic E-state index is -0.281. The number of hydrogen-bond donors (Lipinski definition) is 4. The first-order valence-corrected chi connectivity index (χ1v) is 15.4. The molecule has 4 N–H and O–H groups in total. The number of nitrogens with zero attached hydrogens (tertiary/aromatic N) is 2. The number of imidazole rings is 2. The summed E-state index contributed by atoms with van der Waals surface area (Å²) in [4.78, 5) is 16.3. The highest BCUT2D eigenvalue weighted by Gasteiger charge is 2.14. The SMILES string of the molecule is C=C(NCc1ccc(-c2ncc(-c3cccc(-c4cnc(-c5ccc(CNC(=C)OC(C)(C)C)cc5)[nH]4)c3)[nH]2)cc1)OC(C)(C)C. The molecule has 5 aromatic rings.